The van der Waals surface area contributed by atoms with Gasteiger partial charge in [-0.2, -0.15) is 13.2 Å². The second-order valence-corrected chi connectivity index (χ2v) is 6.01. The maximum absolute atomic E-state index is 13.0. The summed E-state index contributed by atoms with van der Waals surface area (Å²) in [5.41, 5.74) is -0.977. The molecule has 0 aromatic heterocycles. The smallest absolute Gasteiger partial charge is 0.416 e. The van der Waals surface area contributed by atoms with Gasteiger partial charge in [-0.15, -0.1) is 0 Å². The van der Waals surface area contributed by atoms with Crippen molar-refractivity contribution in [3.63, 3.8) is 0 Å². The molecule has 25 heavy (non-hydrogen) atoms. The number of methoxy groups -OCH3 is 1. The van der Waals surface area contributed by atoms with Crippen LogP contribution in [0.4, 0.5) is 13.2 Å². The van der Waals surface area contributed by atoms with E-state index in [1.807, 2.05) is 0 Å². The predicted octanol–water partition coefficient (Wildman–Crippen LogP) is 3.94. The minimum atomic E-state index is -4.59. The zero-order valence-electron chi connectivity index (χ0n) is 13.1. The van der Waals surface area contributed by atoms with Crippen molar-refractivity contribution >= 4 is 21.8 Å². The molecule has 1 atom stereocenters. The number of benzene rings is 2. The molecule has 0 saturated heterocycles. The number of hydrogen-bond donors (Lipinski definition) is 2. The lowest BCUT2D eigenvalue weighted by Crippen LogP contribution is -2.29. The van der Waals surface area contributed by atoms with Crippen molar-refractivity contribution in [2.45, 2.75) is 12.3 Å². The fraction of sp³-hybridized carbons (Fsp3) is 0.235. The fourth-order valence-corrected chi connectivity index (χ4v) is 2.67. The molecule has 0 spiro atoms. The average molecular weight is 418 g/mol. The van der Waals surface area contributed by atoms with Gasteiger partial charge in [0.1, 0.15) is 5.75 Å². The summed E-state index contributed by atoms with van der Waals surface area (Å²) in [5.74, 6) is -0.0920. The standard InChI is InChI=1S/C17H15BrF3NO3/c1-25-10-6-7-14(18)12(8-10)16(24)22-9-15(23)11-4-2-3-5-13(11)17(19,20)21/h2-8,15,23H,9H2,1H3,(H,22,24). The summed E-state index contributed by atoms with van der Waals surface area (Å²) < 4.78 is 44.5. The van der Waals surface area contributed by atoms with E-state index < -0.39 is 23.8 Å². The number of nitrogens with one attached hydrogen (secondary N) is 1. The Balaban J connectivity index is 2.13. The van der Waals surface area contributed by atoms with Crippen LogP contribution in [0.15, 0.2) is 46.9 Å². The van der Waals surface area contributed by atoms with E-state index in [1.165, 1.54) is 31.4 Å². The third kappa shape index (κ3) is 4.73. The number of amides is 1. The van der Waals surface area contributed by atoms with Crippen molar-refractivity contribution in [3.05, 3.63) is 63.6 Å². The molecule has 2 aromatic carbocycles. The molecule has 0 bridgehead atoms. The Hall–Kier alpha value is -2.06. The number of ether oxygens (including phenoxy) is 1. The minimum absolute atomic E-state index is 0.246. The topological polar surface area (TPSA) is 58.6 Å². The van der Waals surface area contributed by atoms with Crippen LogP contribution in [0.3, 0.4) is 0 Å². The maximum atomic E-state index is 13.0. The van der Waals surface area contributed by atoms with Crippen LogP contribution in [0.2, 0.25) is 0 Å². The summed E-state index contributed by atoms with van der Waals surface area (Å²) in [6.45, 7) is -0.365. The van der Waals surface area contributed by atoms with Crippen LogP contribution in [0.5, 0.6) is 5.75 Å². The van der Waals surface area contributed by atoms with E-state index >= 15 is 0 Å². The largest absolute Gasteiger partial charge is 0.497 e. The lowest BCUT2D eigenvalue weighted by Gasteiger charge is -2.18. The molecule has 1 unspecified atom stereocenters. The second kappa shape index (κ2) is 7.88. The zero-order valence-corrected chi connectivity index (χ0v) is 14.7. The normalized spacial score (nSPS) is 12.6. The number of alkyl halides is 3. The van der Waals surface area contributed by atoms with Gasteiger partial charge < -0.3 is 15.2 Å². The van der Waals surface area contributed by atoms with E-state index in [-0.39, 0.29) is 17.7 Å². The first-order valence-corrected chi connectivity index (χ1v) is 7.99. The highest BCUT2D eigenvalue weighted by Crippen LogP contribution is 2.34. The van der Waals surface area contributed by atoms with Gasteiger partial charge in [-0.1, -0.05) is 18.2 Å². The molecular formula is C17H15BrF3NO3. The lowest BCUT2D eigenvalue weighted by atomic mass is 10.0. The van der Waals surface area contributed by atoms with Gasteiger partial charge in [0.2, 0.25) is 0 Å². The third-order valence-electron chi connectivity index (χ3n) is 3.50. The molecule has 0 saturated carbocycles. The number of rotatable bonds is 5. The highest BCUT2D eigenvalue weighted by atomic mass is 79.9. The number of hydrogen-bond acceptors (Lipinski definition) is 3. The Bertz CT molecular complexity index is 765. The van der Waals surface area contributed by atoms with Gasteiger partial charge in [-0.25, -0.2) is 0 Å². The van der Waals surface area contributed by atoms with Crippen LogP contribution in [-0.4, -0.2) is 24.7 Å². The Labute approximate surface area is 150 Å². The predicted molar refractivity (Wildman–Crippen MR) is 89.4 cm³/mol. The van der Waals surface area contributed by atoms with Gasteiger partial charge in [0.05, 0.1) is 24.3 Å². The van der Waals surface area contributed by atoms with Crippen LogP contribution in [0, 0.1) is 0 Å². The van der Waals surface area contributed by atoms with Crippen molar-refractivity contribution in [1.82, 2.24) is 5.32 Å². The molecule has 134 valence electrons. The SMILES string of the molecule is COc1ccc(Br)c(C(=O)NCC(O)c2ccccc2C(F)(F)F)c1. The van der Waals surface area contributed by atoms with Crippen LogP contribution in [0.25, 0.3) is 0 Å². The molecule has 4 nitrogen and oxygen atoms in total. The number of aliphatic hydroxyl groups excluding tert-OH is 1. The average Bonchev–Trinajstić information content (AvgIpc) is 2.59. The molecule has 0 aliphatic heterocycles. The quantitative estimate of drug-likeness (QED) is 0.774. The Morgan fingerprint density at radius 1 is 1.28 bits per heavy atom. The summed E-state index contributed by atoms with van der Waals surface area (Å²) in [6, 6.07) is 9.45. The number of halogens is 4. The van der Waals surface area contributed by atoms with Crippen LogP contribution >= 0.6 is 15.9 Å². The van der Waals surface area contributed by atoms with Crippen molar-refractivity contribution in [2.75, 3.05) is 13.7 Å². The van der Waals surface area contributed by atoms with Crippen LogP contribution in [0.1, 0.15) is 27.6 Å². The second-order valence-electron chi connectivity index (χ2n) is 5.16. The molecule has 0 fully saturated rings. The van der Waals surface area contributed by atoms with Crippen LogP contribution in [-0.2, 0) is 6.18 Å². The van der Waals surface area contributed by atoms with Gasteiger partial charge in [-0.3, -0.25) is 4.79 Å². The van der Waals surface area contributed by atoms with Gasteiger partial charge in [0.15, 0.2) is 0 Å². The van der Waals surface area contributed by atoms with Gasteiger partial charge in [0, 0.05) is 11.0 Å². The Morgan fingerprint density at radius 3 is 2.60 bits per heavy atom. The number of carbonyl (C=O) groups is 1. The highest BCUT2D eigenvalue weighted by Gasteiger charge is 2.34. The number of carbonyl (C=O) groups excluding carboxylic acids is 1. The van der Waals surface area contributed by atoms with Crippen molar-refractivity contribution in [2.24, 2.45) is 0 Å². The van der Waals surface area contributed by atoms with E-state index in [0.717, 1.165) is 6.07 Å². The van der Waals surface area contributed by atoms with Crippen molar-refractivity contribution in [3.8, 4) is 5.75 Å². The summed E-state index contributed by atoms with van der Waals surface area (Å²) in [6.07, 6.45) is -6.08. The van der Waals surface area contributed by atoms with E-state index in [1.54, 1.807) is 12.1 Å². The fourth-order valence-electron chi connectivity index (χ4n) is 2.25. The first-order chi connectivity index (χ1) is 11.7. The van der Waals surface area contributed by atoms with Crippen molar-refractivity contribution < 1.29 is 27.8 Å². The molecule has 0 heterocycles. The van der Waals surface area contributed by atoms with E-state index in [9.17, 15) is 23.1 Å². The third-order valence-corrected chi connectivity index (χ3v) is 4.19. The van der Waals surface area contributed by atoms with Crippen LogP contribution < -0.4 is 10.1 Å². The lowest BCUT2D eigenvalue weighted by molar-refractivity contribution is -0.139. The first-order valence-electron chi connectivity index (χ1n) is 7.20. The van der Waals surface area contributed by atoms with Gasteiger partial charge in [0.25, 0.3) is 5.91 Å². The van der Waals surface area contributed by atoms with Crippen molar-refractivity contribution in [1.29, 1.82) is 0 Å². The Kier molecular flexibility index (Phi) is 6.07. The monoisotopic (exact) mass is 417 g/mol. The van der Waals surface area contributed by atoms with E-state index in [0.29, 0.717) is 10.2 Å². The summed E-state index contributed by atoms with van der Waals surface area (Å²) >= 11 is 3.22. The summed E-state index contributed by atoms with van der Waals surface area (Å²) in [4.78, 5) is 12.2. The molecule has 0 aliphatic rings. The summed E-state index contributed by atoms with van der Waals surface area (Å²) in [5, 5.41) is 12.5. The first kappa shape index (κ1) is 19.3. The zero-order chi connectivity index (χ0) is 18.6. The molecule has 0 radical (unpaired) electrons. The maximum Gasteiger partial charge on any atom is 0.416 e. The minimum Gasteiger partial charge on any atom is -0.497 e. The van der Waals surface area contributed by atoms with Gasteiger partial charge in [-0.05, 0) is 45.8 Å². The molecule has 2 N–H and O–H groups in total. The number of aliphatic hydroxyl groups is 1. The van der Waals surface area contributed by atoms with Gasteiger partial charge >= 0.3 is 6.18 Å². The molecule has 1 amide bonds. The molecule has 0 aliphatic carbocycles. The highest BCUT2D eigenvalue weighted by molar-refractivity contribution is 9.10. The Morgan fingerprint density at radius 2 is 1.96 bits per heavy atom. The van der Waals surface area contributed by atoms with E-state index in [2.05, 4.69) is 21.2 Å². The van der Waals surface area contributed by atoms with E-state index in [4.69, 9.17) is 4.74 Å². The molecular weight excluding hydrogens is 403 g/mol. The molecule has 2 aromatic rings. The summed E-state index contributed by atoms with van der Waals surface area (Å²) in [7, 11) is 1.45. The molecule has 8 heteroatoms. The molecule has 2 rings (SSSR count).